The summed E-state index contributed by atoms with van der Waals surface area (Å²) >= 11 is 0. The van der Waals surface area contributed by atoms with Crippen LogP contribution >= 0.6 is 0 Å². The van der Waals surface area contributed by atoms with Gasteiger partial charge in [0.2, 0.25) is 0 Å². The molecule has 0 aliphatic carbocycles. The van der Waals surface area contributed by atoms with E-state index in [9.17, 15) is 25.2 Å². The number of aromatic hydroxyl groups is 3. The van der Waals surface area contributed by atoms with Gasteiger partial charge in [-0.3, -0.25) is 9.89 Å². The molecule has 11 heteroatoms. The van der Waals surface area contributed by atoms with Crippen molar-refractivity contribution < 1.29 is 35.4 Å². The lowest BCUT2D eigenvalue weighted by molar-refractivity contribution is 0.0698. The highest BCUT2D eigenvalue weighted by atomic mass is 16.4. The average molecular weight is 444 g/mol. The summed E-state index contributed by atoms with van der Waals surface area (Å²) in [4.78, 5) is 26.2. The molecule has 3 rings (SSSR count). The largest absolute Gasteiger partial charge is 0.507 e. The molecule has 0 spiro atoms. The fraction of sp³-hybridized carbons (Fsp3) is 0.333. The van der Waals surface area contributed by atoms with E-state index >= 15 is 0 Å². The maximum atomic E-state index is 11.5. The number of carboxylic acids is 1. The molecular weight excluding hydrogens is 420 g/mol. The Morgan fingerprint density at radius 2 is 1.62 bits per heavy atom. The van der Waals surface area contributed by atoms with E-state index in [2.05, 4.69) is 15.0 Å². The van der Waals surface area contributed by atoms with Gasteiger partial charge in [0.05, 0.1) is 30.9 Å². The third-order valence-electron chi connectivity index (χ3n) is 5.07. The summed E-state index contributed by atoms with van der Waals surface area (Å²) in [6.07, 6.45) is 1.36. The van der Waals surface area contributed by atoms with Gasteiger partial charge in [-0.15, -0.1) is 0 Å². The van der Waals surface area contributed by atoms with Gasteiger partial charge in [-0.05, 0) is 19.1 Å². The van der Waals surface area contributed by atoms with E-state index in [4.69, 9.17) is 10.2 Å². The lowest BCUT2D eigenvalue weighted by atomic mass is 10.0. The normalized spacial score (nSPS) is 11.9. The number of hydrogen-bond acceptors (Lipinski definition) is 10. The Kier molecular flexibility index (Phi) is 7.03. The fourth-order valence-electron chi connectivity index (χ4n) is 3.35. The Morgan fingerprint density at radius 3 is 2.25 bits per heavy atom. The number of carbonyl (C=O) groups is 1. The maximum Gasteiger partial charge on any atom is 0.337 e. The number of hydrogen-bond donors (Lipinski definition) is 6. The minimum Gasteiger partial charge on any atom is -0.507 e. The van der Waals surface area contributed by atoms with Crippen LogP contribution < -0.4 is 0 Å². The van der Waals surface area contributed by atoms with E-state index in [-0.39, 0.29) is 75.8 Å². The Hall–Kier alpha value is -3.54. The molecule has 0 aliphatic rings. The van der Waals surface area contributed by atoms with Crippen molar-refractivity contribution in [3.05, 3.63) is 28.8 Å². The molecule has 32 heavy (non-hydrogen) atoms. The molecule has 0 bridgehead atoms. The van der Waals surface area contributed by atoms with Crippen molar-refractivity contribution >= 4 is 34.3 Å². The van der Waals surface area contributed by atoms with Crippen LogP contribution in [0.4, 0.5) is 0 Å². The number of carboxylic acid groups (broad SMARTS) is 1. The van der Waals surface area contributed by atoms with Crippen LogP contribution in [0.2, 0.25) is 0 Å². The number of aliphatic imine (C=N–C) groups is 1. The predicted molar refractivity (Wildman–Crippen MR) is 117 cm³/mol. The first kappa shape index (κ1) is 23.1. The second kappa shape index (κ2) is 9.73. The zero-order valence-electron chi connectivity index (χ0n) is 17.4. The molecule has 0 amide bonds. The summed E-state index contributed by atoms with van der Waals surface area (Å²) < 4.78 is 0. The highest BCUT2D eigenvalue weighted by Crippen LogP contribution is 2.38. The summed E-state index contributed by atoms with van der Waals surface area (Å²) in [5, 5.41) is 58.9. The van der Waals surface area contributed by atoms with Gasteiger partial charge in [0.25, 0.3) is 0 Å². The molecule has 3 aromatic rings. The maximum absolute atomic E-state index is 11.5. The predicted octanol–water partition coefficient (Wildman–Crippen LogP) is 0.612. The number of benzene rings is 2. The van der Waals surface area contributed by atoms with Crippen molar-refractivity contribution in [2.45, 2.75) is 6.92 Å². The van der Waals surface area contributed by atoms with E-state index in [0.717, 1.165) is 0 Å². The van der Waals surface area contributed by atoms with Gasteiger partial charge < -0.3 is 30.6 Å². The zero-order chi connectivity index (χ0) is 23.4. The second-order valence-electron chi connectivity index (χ2n) is 7.12. The quantitative estimate of drug-likeness (QED) is 0.202. The average Bonchev–Trinajstić information content (AvgIpc) is 2.76. The highest BCUT2D eigenvalue weighted by Gasteiger charge is 2.21. The lowest BCUT2D eigenvalue weighted by Crippen LogP contribution is -2.32. The van der Waals surface area contributed by atoms with Crippen molar-refractivity contribution in [1.29, 1.82) is 0 Å². The minimum atomic E-state index is -1.27. The first-order valence-corrected chi connectivity index (χ1v) is 9.85. The Bertz CT molecular complexity index is 1190. The fourth-order valence-corrected chi connectivity index (χ4v) is 3.35. The van der Waals surface area contributed by atoms with Crippen molar-refractivity contribution in [2.24, 2.45) is 4.99 Å². The second-order valence-corrected chi connectivity index (χ2v) is 7.12. The van der Waals surface area contributed by atoms with Gasteiger partial charge in [0, 0.05) is 31.4 Å². The van der Waals surface area contributed by atoms with E-state index < -0.39 is 5.97 Å². The third-order valence-corrected chi connectivity index (χ3v) is 5.07. The molecule has 0 atom stereocenters. The van der Waals surface area contributed by atoms with Crippen molar-refractivity contribution in [2.75, 3.05) is 39.4 Å². The van der Waals surface area contributed by atoms with Gasteiger partial charge in [0.15, 0.2) is 0 Å². The summed E-state index contributed by atoms with van der Waals surface area (Å²) in [7, 11) is 0. The van der Waals surface area contributed by atoms with Crippen LogP contribution in [-0.4, -0.2) is 97.1 Å². The van der Waals surface area contributed by atoms with Crippen molar-refractivity contribution in [3.63, 3.8) is 0 Å². The third kappa shape index (κ3) is 4.40. The van der Waals surface area contributed by atoms with Gasteiger partial charge in [0.1, 0.15) is 39.3 Å². The molecule has 0 radical (unpaired) electrons. The number of aromatic nitrogens is 2. The van der Waals surface area contributed by atoms with Crippen molar-refractivity contribution in [3.8, 4) is 17.2 Å². The molecule has 1 aromatic heterocycles. The van der Waals surface area contributed by atoms with Gasteiger partial charge in [-0.25, -0.2) is 14.8 Å². The smallest absolute Gasteiger partial charge is 0.337 e. The number of aromatic carboxylic acids is 1. The number of aliphatic hydroxyl groups excluding tert-OH is 2. The molecule has 0 saturated heterocycles. The van der Waals surface area contributed by atoms with Crippen LogP contribution in [0.15, 0.2) is 17.1 Å². The van der Waals surface area contributed by atoms with Gasteiger partial charge in [-0.1, -0.05) is 0 Å². The summed E-state index contributed by atoms with van der Waals surface area (Å²) in [6.45, 7) is 2.85. The van der Waals surface area contributed by atoms with E-state index in [0.29, 0.717) is 19.6 Å². The first-order chi connectivity index (χ1) is 15.3. The number of phenolic OH excluding ortho intramolecular Hbond substituents is 3. The highest BCUT2D eigenvalue weighted by molar-refractivity contribution is 6.08. The molecule has 2 aromatic carbocycles. The summed E-state index contributed by atoms with van der Waals surface area (Å²) in [5.74, 6) is -2.20. The number of phenols is 3. The van der Waals surface area contributed by atoms with E-state index in [1.54, 1.807) is 0 Å². The standard InChI is InChI=1S/C21H24N4O7/c1-11-19(29)13(10-22-4-5-25(6-8-26)7-9-27)16-18(20(11)30)24-15-12(21(31)32)2-3-14(28)17(15)23-16/h2-3,10,26-30H,4-9H2,1H3,(H,31,32). The summed E-state index contributed by atoms with van der Waals surface area (Å²) in [6, 6.07) is 2.38. The molecule has 6 N–H and O–H groups in total. The van der Waals surface area contributed by atoms with Crippen LogP contribution in [0.1, 0.15) is 21.5 Å². The number of nitrogens with zero attached hydrogens (tertiary/aromatic N) is 4. The van der Waals surface area contributed by atoms with Crippen LogP contribution in [0, 0.1) is 6.92 Å². The van der Waals surface area contributed by atoms with Crippen molar-refractivity contribution in [1.82, 2.24) is 14.9 Å². The number of fused-ring (bicyclic) bond motifs is 2. The van der Waals surface area contributed by atoms with Crippen LogP contribution in [-0.2, 0) is 0 Å². The lowest BCUT2D eigenvalue weighted by Gasteiger charge is -2.18. The molecule has 1 heterocycles. The molecule has 0 saturated carbocycles. The van der Waals surface area contributed by atoms with Crippen LogP contribution in [0.5, 0.6) is 17.2 Å². The van der Waals surface area contributed by atoms with Crippen LogP contribution in [0.25, 0.3) is 22.1 Å². The summed E-state index contributed by atoms with van der Waals surface area (Å²) in [5.41, 5.74) is -0.108. The Labute approximate surface area is 182 Å². The minimum absolute atomic E-state index is 0.0375. The zero-order valence-corrected chi connectivity index (χ0v) is 17.4. The number of rotatable bonds is 9. The first-order valence-electron chi connectivity index (χ1n) is 9.85. The number of aliphatic hydroxyl groups is 2. The van der Waals surface area contributed by atoms with Gasteiger partial charge in [-0.2, -0.15) is 0 Å². The monoisotopic (exact) mass is 444 g/mol. The van der Waals surface area contributed by atoms with Gasteiger partial charge >= 0.3 is 5.97 Å². The molecule has 11 nitrogen and oxygen atoms in total. The van der Waals surface area contributed by atoms with E-state index in [1.165, 1.54) is 25.3 Å². The molecule has 170 valence electrons. The molecule has 0 unspecified atom stereocenters. The molecule has 0 fully saturated rings. The Balaban J connectivity index is 2.11. The van der Waals surface area contributed by atoms with Crippen LogP contribution in [0.3, 0.4) is 0 Å². The topological polar surface area (TPSA) is 180 Å². The SMILES string of the molecule is Cc1c(O)c(C=NCCN(CCO)CCO)c2nc3c(O)ccc(C(=O)O)c3nc2c1O. The Morgan fingerprint density at radius 1 is 0.969 bits per heavy atom. The molecular formula is C21H24N4O7. The molecule has 0 aliphatic heterocycles. The van der Waals surface area contributed by atoms with E-state index in [1.807, 2.05) is 4.90 Å².